The maximum Gasteiger partial charge on any atom is 0.112 e. The van der Waals surface area contributed by atoms with Gasteiger partial charge in [-0.15, -0.1) is 0 Å². The zero-order chi connectivity index (χ0) is 13.3. The van der Waals surface area contributed by atoms with Crippen LogP contribution in [0.3, 0.4) is 0 Å². The van der Waals surface area contributed by atoms with Gasteiger partial charge in [0.1, 0.15) is 5.52 Å². The van der Waals surface area contributed by atoms with Crippen molar-refractivity contribution >= 4 is 44.4 Å². The van der Waals surface area contributed by atoms with Gasteiger partial charge in [-0.05, 0) is 53.6 Å². The van der Waals surface area contributed by atoms with E-state index in [1.165, 1.54) is 18.6 Å². The number of nitrogens with one attached hydrogen (secondary N) is 1. The third-order valence-electron chi connectivity index (χ3n) is 3.50. The SMILES string of the molecule is CC1(CNc2ccnc3cc(Br)cnc23)CCCS1. The highest BCUT2D eigenvalue weighted by molar-refractivity contribution is 9.10. The molecule has 0 bridgehead atoms. The van der Waals surface area contributed by atoms with Crippen molar-refractivity contribution in [2.75, 3.05) is 17.6 Å². The van der Waals surface area contributed by atoms with Gasteiger partial charge < -0.3 is 5.32 Å². The Kier molecular flexibility index (Phi) is 3.67. The molecule has 3 nitrogen and oxygen atoms in total. The molecule has 1 fully saturated rings. The number of rotatable bonds is 3. The third kappa shape index (κ3) is 2.87. The highest BCUT2D eigenvalue weighted by Crippen LogP contribution is 2.38. The molecule has 2 aromatic rings. The van der Waals surface area contributed by atoms with Crippen LogP contribution in [0.5, 0.6) is 0 Å². The van der Waals surface area contributed by atoms with E-state index in [-0.39, 0.29) is 0 Å². The second kappa shape index (κ2) is 5.29. The van der Waals surface area contributed by atoms with Gasteiger partial charge in [0.05, 0.1) is 11.2 Å². The number of aromatic nitrogens is 2. The molecule has 1 atom stereocenters. The number of anilines is 1. The summed E-state index contributed by atoms with van der Waals surface area (Å²) in [5.41, 5.74) is 2.94. The van der Waals surface area contributed by atoms with E-state index in [0.29, 0.717) is 4.75 Å². The number of fused-ring (bicyclic) bond motifs is 1. The molecule has 0 saturated carbocycles. The van der Waals surface area contributed by atoms with E-state index >= 15 is 0 Å². The van der Waals surface area contributed by atoms with Gasteiger partial charge in [0.2, 0.25) is 0 Å². The van der Waals surface area contributed by atoms with Crippen molar-refractivity contribution in [3.63, 3.8) is 0 Å². The summed E-state index contributed by atoms with van der Waals surface area (Å²) in [6.45, 7) is 3.32. The molecule has 3 heterocycles. The van der Waals surface area contributed by atoms with Crippen molar-refractivity contribution < 1.29 is 0 Å². The molecule has 1 aliphatic rings. The quantitative estimate of drug-likeness (QED) is 0.915. The standard InChI is InChI=1S/C14H16BrN3S/c1-14(4-2-6-19-14)9-18-11-3-5-16-12-7-10(15)8-17-13(11)12/h3,5,7-8H,2,4,6,9H2,1H3,(H,16,18). The molecule has 1 N–H and O–H groups in total. The van der Waals surface area contributed by atoms with Crippen molar-refractivity contribution in [1.82, 2.24) is 9.97 Å². The molecule has 2 aromatic heterocycles. The number of thioether (sulfide) groups is 1. The van der Waals surface area contributed by atoms with Gasteiger partial charge in [0.25, 0.3) is 0 Å². The van der Waals surface area contributed by atoms with Crippen LogP contribution in [0.15, 0.2) is 29.0 Å². The largest absolute Gasteiger partial charge is 0.382 e. The Hall–Kier alpha value is -0.810. The molecule has 1 unspecified atom stereocenters. The molecule has 100 valence electrons. The molecule has 0 aromatic carbocycles. The van der Waals surface area contributed by atoms with E-state index in [1.807, 2.05) is 24.5 Å². The fraction of sp³-hybridized carbons (Fsp3) is 0.429. The van der Waals surface area contributed by atoms with Gasteiger partial charge >= 0.3 is 0 Å². The summed E-state index contributed by atoms with van der Waals surface area (Å²) < 4.78 is 1.31. The lowest BCUT2D eigenvalue weighted by Crippen LogP contribution is -2.27. The fourth-order valence-corrected chi connectivity index (χ4v) is 3.97. The van der Waals surface area contributed by atoms with Gasteiger partial charge in [0.15, 0.2) is 0 Å². The molecule has 0 radical (unpaired) electrons. The van der Waals surface area contributed by atoms with E-state index in [2.05, 4.69) is 49.9 Å². The maximum atomic E-state index is 4.47. The van der Waals surface area contributed by atoms with Gasteiger partial charge in [-0.2, -0.15) is 11.8 Å². The van der Waals surface area contributed by atoms with Crippen LogP contribution in [0.25, 0.3) is 11.0 Å². The number of pyridine rings is 2. The Labute approximate surface area is 125 Å². The van der Waals surface area contributed by atoms with Crippen LogP contribution in [-0.4, -0.2) is 27.0 Å². The first-order valence-corrected chi connectivity index (χ1v) is 8.22. The van der Waals surface area contributed by atoms with Crippen LogP contribution in [0.2, 0.25) is 0 Å². The molecule has 1 saturated heterocycles. The van der Waals surface area contributed by atoms with Crippen LogP contribution in [-0.2, 0) is 0 Å². The van der Waals surface area contributed by atoms with E-state index in [4.69, 9.17) is 0 Å². The second-order valence-electron chi connectivity index (χ2n) is 5.14. The fourth-order valence-electron chi connectivity index (χ4n) is 2.41. The predicted octanol–water partition coefficient (Wildman–Crippen LogP) is 4.09. The monoisotopic (exact) mass is 337 g/mol. The Morgan fingerprint density at radius 3 is 3.16 bits per heavy atom. The summed E-state index contributed by atoms with van der Waals surface area (Å²) in [6.07, 6.45) is 6.27. The molecule has 1 aliphatic heterocycles. The summed E-state index contributed by atoms with van der Waals surface area (Å²) in [5.74, 6) is 1.28. The molecule has 0 amide bonds. The summed E-state index contributed by atoms with van der Waals surface area (Å²) in [6, 6.07) is 4.01. The average molecular weight is 338 g/mol. The number of nitrogens with zero attached hydrogens (tertiary/aromatic N) is 2. The number of hydrogen-bond donors (Lipinski definition) is 1. The summed E-state index contributed by atoms with van der Waals surface area (Å²) in [5, 5.41) is 3.55. The first-order valence-electron chi connectivity index (χ1n) is 6.44. The van der Waals surface area contributed by atoms with Crippen molar-refractivity contribution in [1.29, 1.82) is 0 Å². The highest BCUT2D eigenvalue weighted by Gasteiger charge is 2.29. The van der Waals surface area contributed by atoms with Crippen LogP contribution in [0.4, 0.5) is 5.69 Å². The van der Waals surface area contributed by atoms with Gasteiger partial charge in [-0.3, -0.25) is 9.97 Å². The molecule has 5 heteroatoms. The summed E-state index contributed by atoms with van der Waals surface area (Å²) >= 11 is 5.50. The zero-order valence-electron chi connectivity index (χ0n) is 10.8. The Balaban J connectivity index is 1.84. The lowest BCUT2D eigenvalue weighted by atomic mass is 10.1. The second-order valence-corrected chi connectivity index (χ2v) is 7.73. The molecule has 0 spiro atoms. The topological polar surface area (TPSA) is 37.8 Å². The number of hydrogen-bond acceptors (Lipinski definition) is 4. The van der Waals surface area contributed by atoms with Crippen LogP contribution >= 0.6 is 27.7 Å². The predicted molar refractivity (Wildman–Crippen MR) is 85.8 cm³/mol. The minimum absolute atomic E-state index is 0.352. The van der Waals surface area contributed by atoms with E-state index < -0.39 is 0 Å². The molecule has 19 heavy (non-hydrogen) atoms. The lowest BCUT2D eigenvalue weighted by molar-refractivity contribution is 0.635. The lowest BCUT2D eigenvalue weighted by Gasteiger charge is -2.23. The van der Waals surface area contributed by atoms with Crippen molar-refractivity contribution in [2.45, 2.75) is 24.5 Å². The van der Waals surface area contributed by atoms with Gasteiger partial charge in [-0.25, -0.2) is 0 Å². The van der Waals surface area contributed by atoms with E-state index in [9.17, 15) is 0 Å². The number of halogens is 1. The maximum absolute atomic E-state index is 4.47. The van der Waals surface area contributed by atoms with Gasteiger partial charge in [0, 0.05) is 28.2 Å². The molecular formula is C14H16BrN3S. The minimum Gasteiger partial charge on any atom is -0.382 e. The zero-order valence-corrected chi connectivity index (χ0v) is 13.2. The van der Waals surface area contributed by atoms with Crippen molar-refractivity contribution in [3.8, 4) is 0 Å². The summed E-state index contributed by atoms with van der Waals surface area (Å²) in [7, 11) is 0. The van der Waals surface area contributed by atoms with Crippen molar-refractivity contribution in [3.05, 3.63) is 29.0 Å². The minimum atomic E-state index is 0.352. The molecule has 0 aliphatic carbocycles. The molecule has 3 rings (SSSR count). The Morgan fingerprint density at radius 2 is 2.37 bits per heavy atom. The molecular weight excluding hydrogens is 322 g/mol. The van der Waals surface area contributed by atoms with Crippen LogP contribution in [0.1, 0.15) is 19.8 Å². The first-order chi connectivity index (χ1) is 9.16. The Bertz CT molecular complexity index is 596. The highest BCUT2D eigenvalue weighted by atomic mass is 79.9. The third-order valence-corrected chi connectivity index (χ3v) is 5.47. The van der Waals surface area contributed by atoms with Gasteiger partial charge in [-0.1, -0.05) is 0 Å². The van der Waals surface area contributed by atoms with Crippen molar-refractivity contribution in [2.24, 2.45) is 0 Å². The summed E-state index contributed by atoms with van der Waals surface area (Å²) in [4.78, 5) is 8.83. The van der Waals surface area contributed by atoms with Crippen LogP contribution in [0, 0.1) is 0 Å². The van der Waals surface area contributed by atoms with E-state index in [0.717, 1.165) is 27.7 Å². The Morgan fingerprint density at radius 1 is 1.47 bits per heavy atom. The van der Waals surface area contributed by atoms with E-state index in [1.54, 1.807) is 0 Å². The van der Waals surface area contributed by atoms with Crippen LogP contribution < -0.4 is 5.32 Å². The first kappa shape index (κ1) is 13.2. The smallest absolute Gasteiger partial charge is 0.112 e. The normalized spacial score (nSPS) is 22.8. The average Bonchev–Trinajstić information content (AvgIpc) is 2.83.